The number of anilines is 1. The van der Waals surface area contributed by atoms with E-state index in [9.17, 15) is 14.4 Å². The fourth-order valence-corrected chi connectivity index (χ4v) is 5.37. The monoisotopic (exact) mass is 484 g/mol. The molecule has 1 saturated carbocycles. The van der Waals surface area contributed by atoms with Crippen LogP contribution < -0.4 is 15.8 Å². The standard InChI is InChI=1S/C24H29ClN6O3/c1-17-7-9-24(10-8-17)22(33)30(23(34)27-24)16-28-11-13-29(14-12-28)19-15-26-31(21(32)20(19)25)18-5-3-2-4-6-18/h2-6,15,17H,7-14,16H2,1H3,(H,27,34). The maximum atomic E-state index is 13.1. The van der Waals surface area contributed by atoms with Crippen molar-refractivity contribution in [1.29, 1.82) is 0 Å². The molecule has 2 aliphatic heterocycles. The molecular formula is C24H29ClN6O3. The fourth-order valence-electron chi connectivity index (χ4n) is 5.13. The van der Waals surface area contributed by atoms with Gasteiger partial charge in [0.05, 0.1) is 24.2 Å². The second-order valence-electron chi connectivity index (χ2n) is 9.57. The van der Waals surface area contributed by atoms with Crippen molar-refractivity contribution in [2.75, 3.05) is 37.7 Å². The lowest BCUT2D eigenvalue weighted by molar-refractivity contribution is -0.134. The van der Waals surface area contributed by atoms with Gasteiger partial charge < -0.3 is 10.2 Å². The molecule has 0 atom stereocenters. The summed E-state index contributed by atoms with van der Waals surface area (Å²) in [5.74, 6) is 0.497. The average molecular weight is 485 g/mol. The maximum absolute atomic E-state index is 13.1. The summed E-state index contributed by atoms with van der Waals surface area (Å²) in [6.07, 6.45) is 4.95. The largest absolute Gasteiger partial charge is 0.366 e. The van der Waals surface area contributed by atoms with E-state index < -0.39 is 5.54 Å². The number of rotatable bonds is 4. The topological polar surface area (TPSA) is 90.8 Å². The second kappa shape index (κ2) is 9.03. The third-order valence-electron chi connectivity index (χ3n) is 7.33. The molecule has 3 fully saturated rings. The van der Waals surface area contributed by atoms with Crippen molar-refractivity contribution in [1.82, 2.24) is 24.9 Å². The lowest BCUT2D eigenvalue weighted by Crippen LogP contribution is -2.53. The number of carbonyl (C=O) groups excluding carboxylic acids is 2. The van der Waals surface area contributed by atoms with E-state index in [1.165, 1.54) is 9.58 Å². The van der Waals surface area contributed by atoms with E-state index >= 15 is 0 Å². The van der Waals surface area contributed by atoms with Crippen molar-refractivity contribution in [2.45, 2.75) is 38.1 Å². The number of piperazine rings is 1. The van der Waals surface area contributed by atoms with Gasteiger partial charge in [-0.3, -0.25) is 14.5 Å². The number of hydrogen-bond donors (Lipinski definition) is 1. The third kappa shape index (κ3) is 4.07. The molecule has 3 aliphatic rings. The van der Waals surface area contributed by atoms with Crippen molar-refractivity contribution < 1.29 is 9.59 Å². The third-order valence-corrected chi connectivity index (χ3v) is 7.68. The van der Waals surface area contributed by atoms with E-state index in [4.69, 9.17) is 11.6 Å². The summed E-state index contributed by atoms with van der Waals surface area (Å²) < 4.78 is 1.29. The van der Waals surface area contributed by atoms with E-state index in [0.717, 1.165) is 12.8 Å². The van der Waals surface area contributed by atoms with Crippen LogP contribution in [0.2, 0.25) is 5.02 Å². The van der Waals surface area contributed by atoms with E-state index in [1.807, 2.05) is 23.1 Å². The minimum Gasteiger partial charge on any atom is -0.366 e. The molecule has 34 heavy (non-hydrogen) atoms. The number of benzene rings is 1. The van der Waals surface area contributed by atoms with Gasteiger partial charge >= 0.3 is 6.03 Å². The molecular weight excluding hydrogens is 456 g/mol. The Kier molecular flexibility index (Phi) is 6.07. The minimum atomic E-state index is -0.715. The van der Waals surface area contributed by atoms with Crippen LogP contribution in [-0.4, -0.2) is 69.9 Å². The van der Waals surface area contributed by atoms with Crippen LogP contribution in [0, 0.1) is 5.92 Å². The summed E-state index contributed by atoms with van der Waals surface area (Å²) in [5.41, 5.74) is 0.181. The van der Waals surface area contributed by atoms with Crippen LogP contribution in [0.15, 0.2) is 41.3 Å². The number of imide groups is 1. The molecule has 10 heteroatoms. The smallest absolute Gasteiger partial charge is 0.326 e. The molecule has 1 spiro atoms. The van der Waals surface area contributed by atoms with E-state index in [1.54, 1.807) is 18.3 Å². The summed E-state index contributed by atoms with van der Waals surface area (Å²) in [4.78, 5) is 44.0. The number of amides is 3. The molecule has 5 rings (SSSR count). The van der Waals surface area contributed by atoms with Gasteiger partial charge in [0.1, 0.15) is 10.6 Å². The molecule has 3 heterocycles. The van der Waals surface area contributed by atoms with Gasteiger partial charge in [-0.15, -0.1) is 0 Å². The van der Waals surface area contributed by atoms with Gasteiger partial charge in [0, 0.05) is 26.2 Å². The maximum Gasteiger partial charge on any atom is 0.326 e. The molecule has 9 nitrogen and oxygen atoms in total. The Bertz CT molecular complexity index is 1140. The molecule has 0 bridgehead atoms. The first kappa shape index (κ1) is 22.9. The highest BCUT2D eigenvalue weighted by Gasteiger charge is 2.52. The van der Waals surface area contributed by atoms with E-state index in [2.05, 4.69) is 22.2 Å². The minimum absolute atomic E-state index is 0.0939. The number of aromatic nitrogens is 2. The Hall–Kier alpha value is -2.91. The van der Waals surface area contributed by atoms with Gasteiger partial charge in [-0.2, -0.15) is 9.78 Å². The molecule has 0 unspecified atom stereocenters. The van der Waals surface area contributed by atoms with Crippen LogP contribution in [-0.2, 0) is 4.79 Å². The number of nitrogens with zero attached hydrogens (tertiary/aromatic N) is 5. The van der Waals surface area contributed by atoms with Gasteiger partial charge in [0.15, 0.2) is 0 Å². The van der Waals surface area contributed by atoms with Crippen molar-refractivity contribution in [2.24, 2.45) is 5.92 Å². The van der Waals surface area contributed by atoms with Crippen molar-refractivity contribution >= 4 is 29.2 Å². The van der Waals surface area contributed by atoms with Crippen molar-refractivity contribution in [3.8, 4) is 5.69 Å². The number of para-hydroxylation sites is 1. The molecule has 3 amide bonds. The molecule has 1 aromatic heterocycles. The van der Waals surface area contributed by atoms with E-state index in [-0.39, 0.29) is 29.2 Å². The zero-order chi connectivity index (χ0) is 23.9. The molecule has 180 valence electrons. The van der Waals surface area contributed by atoms with Crippen LogP contribution in [0.5, 0.6) is 0 Å². The molecule has 2 aromatic rings. The Balaban J connectivity index is 1.23. The van der Waals surface area contributed by atoms with Gasteiger partial charge in [-0.1, -0.05) is 36.7 Å². The van der Waals surface area contributed by atoms with Crippen LogP contribution in [0.25, 0.3) is 5.69 Å². The SMILES string of the molecule is CC1CCC2(CC1)NC(=O)N(CN1CCN(c3cnn(-c4ccccc4)c(=O)c3Cl)CC1)C2=O. The van der Waals surface area contributed by atoms with Crippen LogP contribution >= 0.6 is 11.6 Å². The van der Waals surface area contributed by atoms with Crippen LogP contribution in [0.3, 0.4) is 0 Å². The first-order chi connectivity index (χ1) is 16.4. The predicted molar refractivity (Wildman–Crippen MR) is 129 cm³/mol. The zero-order valence-electron chi connectivity index (χ0n) is 19.2. The van der Waals surface area contributed by atoms with Crippen LogP contribution in [0.4, 0.5) is 10.5 Å². The quantitative estimate of drug-likeness (QED) is 0.670. The normalized spacial score (nSPS) is 25.8. The predicted octanol–water partition coefficient (Wildman–Crippen LogP) is 2.47. The molecule has 0 radical (unpaired) electrons. The Labute approximate surface area is 203 Å². The highest BCUT2D eigenvalue weighted by molar-refractivity contribution is 6.33. The summed E-state index contributed by atoms with van der Waals surface area (Å²) in [6, 6.07) is 8.87. The van der Waals surface area contributed by atoms with Crippen LogP contribution in [0.1, 0.15) is 32.6 Å². The first-order valence-electron chi connectivity index (χ1n) is 11.8. The zero-order valence-corrected chi connectivity index (χ0v) is 20.0. The Morgan fingerprint density at radius 3 is 2.41 bits per heavy atom. The number of urea groups is 1. The lowest BCUT2D eigenvalue weighted by Gasteiger charge is -2.37. The lowest BCUT2D eigenvalue weighted by atomic mass is 9.77. The van der Waals surface area contributed by atoms with Gasteiger partial charge in [-0.05, 0) is 43.7 Å². The van der Waals surface area contributed by atoms with Gasteiger partial charge in [0.25, 0.3) is 11.5 Å². The Morgan fingerprint density at radius 2 is 1.74 bits per heavy atom. The van der Waals surface area contributed by atoms with Gasteiger partial charge in [0.2, 0.25) is 0 Å². The molecule has 1 N–H and O–H groups in total. The highest BCUT2D eigenvalue weighted by Crippen LogP contribution is 2.36. The molecule has 2 saturated heterocycles. The number of nitrogens with one attached hydrogen (secondary N) is 1. The van der Waals surface area contributed by atoms with E-state index in [0.29, 0.717) is 56.3 Å². The number of halogens is 1. The summed E-state index contributed by atoms with van der Waals surface area (Å²) in [6.45, 7) is 4.97. The molecule has 1 aliphatic carbocycles. The molecule has 1 aromatic carbocycles. The Morgan fingerprint density at radius 1 is 1.06 bits per heavy atom. The number of hydrogen-bond acceptors (Lipinski definition) is 6. The summed E-state index contributed by atoms with van der Waals surface area (Å²) in [7, 11) is 0. The number of carbonyl (C=O) groups is 2. The fraction of sp³-hybridized carbons (Fsp3) is 0.500. The first-order valence-corrected chi connectivity index (χ1v) is 12.2. The average Bonchev–Trinajstić information content (AvgIpc) is 3.08. The second-order valence-corrected chi connectivity index (χ2v) is 9.95. The van der Waals surface area contributed by atoms with Gasteiger partial charge in [-0.25, -0.2) is 9.69 Å². The highest BCUT2D eigenvalue weighted by atomic mass is 35.5. The summed E-state index contributed by atoms with van der Waals surface area (Å²) in [5, 5.41) is 7.44. The van der Waals surface area contributed by atoms with Crippen molar-refractivity contribution in [3.05, 3.63) is 51.9 Å². The summed E-state index contributed by atoms with van der Waals surface area (Å²) >= 11 is 6.45. The van der Waals surface area contributed by atoms with Crippen molar-refractivity contribution in [3.63, 3.8) is 0 Å².